The SMILES string of the molecule is CCNc1cccc(C(=O)NCCCSC)c1[N+](=O)[O-]. The van der Waals surface area contributed by atoms with Crippen LogP contribution in [0.1, 0.15) is 23.7 Å². The van der Waals surface area contributed by atoms with E-state index in [1.54, 1.807) is 23.9 Å². The van der Waals surface area contributed by atoms with E-state index in [-0.39, 0.29) is 11.3 Å². The van der Waals surface area contributed by atoms with Crippen molar-refractivity contribution in [3.05, 3.63) is 33.9 Å². The third-order valence-corrected chi connectivity index (χ3v) is 3.34. The lowest BCUT2D eigenvalue weighted by Gasteiger charge is -2.09. The zero-order valence-corrected chi connectivity index (χ0v) is 12.5. The fraction of sp³-hybridized carbons (Fsp3) is 0.462. The van der Waals surface area contributed by atoms with Crippen molar-refractivity contribution in [3.8, 4) is 0 Å². The van der Waals surface area contributed by atoms with Gasteiger partial charge in [-0.15, -0.1) is 0 Å². The van der Waals surface area contributed by atoms with Crippen LogP contribution < -0.4 is 10.6 Å². The van der Waals surface area contributed by atoms with Crippen LogP contribution in [0.2, 0.25) is 0 Å². The molecule has 0 saturated carbocycles. The van der Waals surface area contributed by atoms with Gasteiger partial charge in [0.2, 0.25) is 0 Å². The summed E-state index contributed by atoms with van der Waals surface area (Å²) in [7, 11) is 0. The summed E-state index contributed by atoms with van der Waals surface area (Å²) in [5.41, 5.74) is 0.295. The maximum atomic E-state index is 12.0. The van der Waals surface area contributed by atoms with E-state index >= 15 is 0 Å². The number of carbonyl (C=O) groups excluding carboxylic acids is 1. The molecule has 0 fully saturated rings. The van der Waals surface area contributed by atoms with Crippen LogP contribution in [0, 0.1) is 10.1 Å². The first-order valence-electron chi connectivity index (χ1n) is 6.40. The molecule has 0 unspecified atom stereocenters. The van der Waals surface area contributed by atoms with Crippen LogP contribution in [0.4, 0.5) is 11.4 Å². The normalized spacial score (nSPS) is 10.1. The van der Waals surface area contributed by atoms with Crippen molar-refractivity contribution in [1.82, 2.24) is 5.32 Å². The van der Waals surface area contributed by atoms with Gasteiger partial charge in [0.15, 0.2) is 0 Å². The predicted molar refractivity (Wildman–Crippen MR) is 82.6 cm³/mol. The van der Waals surface area contributed by atoms with Gasteiger partial charge >= 0.3 is 5.69 Å². The van der Waals surface area contributed by atoms with Gasteiger partial charge in [0, 0.05) is 13.1 Å². The molecule has 20 heavy (non-hydrogen) atoms. The fourth-order valence-corrected chi connectivity index (χ4v) is 2.20. The van der Waals surface area contributed by atoms with Crippen LogP contribution in [0.15, 0.2) is 18.2 Å². The molecule has 6 nitrogen and oxygen atoms in total. The maximum Gasteiger partial charge on any atom is 0.305 e. The first kappa shape index (κ1) is 16.3. The molecule has 0 aliphatic rings. The lowest BCUT2D eigenvalue weighted by atomic mass is 10.1. The molecule has 0 aliphatic heterocycles. The van der Waals surface area contributed by atoms with Gasteiger partial charge < -0.3 is 10.6 Å². The molecule has 0 radical (unpaired) electrons. The molecule has 7 heteroatoms. The van der Waals surface area contributed by atoms with Gasteiger partial charge in [0.05, 0.1) is 4.92 Å². The van der Waals surface area contributed by atoms with Gasteiger partial charge in [-0.1, -0.05) is 6.07 Å². The molecule has 0 heterocycles. The molecular formula is C13H19N3O3S. The van der Waals surface area contributed by atoms with Crippen LogP contribution in [0.3, 0.4) is 0 Å². The minimum Gasteiger partial charge on any atom is -0.380 e. The van der Waals surface area contributed by atoms with Crippen LogP contribution in [-0.4, -0.2) is 35.9 Å². The number of nitrogens with one attached hydrogen (secondary N) is 2. The summed E-state index contributed by atoms with van der Waals surface area (Å²) < 4.78 is 0. The number of thioether (sulfide) groups is 1. The maximum absolute atomic E-state index is 12.0. The Hall–Kier alpha value is -1.76. The molecule has 110 valence electrons. The van der Waals surface area contributed by atoms with Gasteiger partial charge in [0.25, 0.3) is 5.91 Å². The van der Waals surface area contributed by atoms with Crippen molar-refractivity contribution in [3.63, 3.8) is 0 Å². The fourth-order valence-electron chi connectivity index (χ4n) is 1.77. The number of hydrogen-bond donors (Lipinski definition) is 2. The topological polar surface area (TPSA) is 84.3 Å². The summed E-state index contributed by atoms with van der Waals surface area (Å²) in [5.74, 6) is 0.539. The van der Waals surface area contributed by atoms with Gasteiger partial charge in [-0.25, -0.2) is 0 Å². The van der Waals surface area contributed by atoms with Gasteiger partial charge in [-0.3, -0.25) is 14.9 Å². The van der Waals surface area contributed by atoms with Crippen LogP contribution in [0.5, 0.6) is 0 Å². The molecule has 1 aromatic carbocycles. The number of nitro groups is 1. The number of nitrogens with zero attached hydrogens (tertiary/aromatic N) is 1. The predicted octanol–water partition coefficient (Wildman–Crippen LogP) is 2.51. The van der Waals surface area contributed by atoms with Crippen LogP contribution >= 0.6 is 11.8 Å². The molecule has 0 bridgehead atoms. The van der Waals surface area contributed by atoms with Crippen molar-refractivity contribution in [2.24, 2.45) is 0 Å². The Kier molecular flexibility index (Phi) is 6.86. The molecule has 0 aromatic heterocycles. The molecule has 0 atom stereocenters. The number of anilines is 1. The molecule has 1 amide bonds. The second-order valence-corrected chi connectivity index (χ2v) is 5.08. The number of hydrogen-bond acceptors (Lipinski definition) is 5. The molecule has 2 N–H and O–H groups in total. The van der Waals surface area contributed by atoms with E-state index in [9.17, 15) is 14.9 Å². The number of para-hydroxylation sites is 1. The van der Waals surface area contributed by atoms with E-state index in [0.29, 0.717) is 18.8 Å². The van der Waals surface area contributed by atoms with Crippen molar-refractivity contribution >= 4 is 29.0 Å². The summed E-state index contributed by atoms with van der Waals surface area (Å²) in [5, 5.41) is 16.8. The summed E-state index contributed by atoms with van der Waals surface area (Å²) in [6, 6.07) is 4.72. The second-order valence-electron chi connectivity index (χ2n) is 4.09. The Labute approximate surface area is 122 Å². The Balaban J connectivity index is 2.90. The Morgan fingerprint density at radius 3 is 2.80 bits per heavy atom. The molecule has 1 aromatic rings. The van der Waals surface area contributed by atoms with Gasteiger partial charge in [-0.05, 0) is 37.5 Å². The highest BCUT2D eigenvalue weighted by atomic mass is 32.2. The number of carbonyl (C=O) groups is 1. The van der Waals surface area contributed by atoms with Crippen molar-refractivity contribution < 1.29 is 9.72 Å². The average molecular weight is 297 g/mol. The smallest absolute Gasteiger partial charge is 0.305 e. The van der Waals surface area contributed by atoms with Gasteiger partial charge in [0.1, 0.15) is 11.3 Å². The summed E-state index contributed by atoms with van der Waals surface area (Å²) >= 11 is 1.70. The largest absolute Gasteiger partial charge is 0.380 e. The monoisotopic (exact) mass is 297 g/mol. The van der Waals surface area contributed by atoms with Gasteiger partial charge in [-0.2, -0.15) is 11.8 Å². The van der Waals surface area contributed by atoms with E-state index in [2.05, 4.69) is 10.6 Å². The third-order valence-electron chi connectivity index (χ3n) is 2.64. The number of amides is 1. The van der Waals surface area contributed by atoms with E-state index < -0.39 is 10.8 Å². The summed E-state index contributed by atoms with van der Waals surface area (Å²) in [6.07, 6.45) is 2.83. The third kappa shape index (κ3) is 4.41. The highest BCUT2D eigenvalue weighted by molar-refractivity contribution is 7.98. The second kappa shape index (κ2) is 8.42. The highest BCUT2D eigenvalue weighted by Crippen LogP contribution is 2.28. The minimum absolute atomic E-state index is 0.0950. The van der Waals surface area contributed by atoms with Crippen molar-refractivity contribution in [1.29, 1.82) is 0 Å². The lowest BCUT2D eigenvalue weighted by molar-refractivity contribution is -0.384. The zero-order valence-electron chi connectivity index (χ0n) is 11.6. The Morgan fingerprint density at radius 1 is 1.45 bits per heavy atom. The molecule has 0 spiro atoms. The summed E-state index contributed by atoms with van der Waals surface area (Å²) in [6.45, 7) is 2.92. The van der Waals surface area contributed by atoms with Crippen LogP contribution in [0.25, 0.3) is 0 Å². The minimum atomic E-state index is -0.519. The first-order valence-corrected chi connectivity index (χ1v) is 7.79. The van der Waals surface area contributed by atoms with Crippen molar-refractivity contribution in [2.45, 2.75) is 13.3 Å². The number of nitro benzene ring substituents is 1. The number of benzene rings is 1. The standard InChI is InChI=1S/C13H19N3O3S/c1-3-14-11-7-4-6-10(12(11)16(18)19)13(17)15-8-5-9-20-2/h4,6-7,14H,3,5,8-9H2,1-2H3,(H,15,17). The van der Waals surface area contributed by atoms with E-state index in [0.717, 1.165) is 12.2 Å². The van der Waals surface area contributed by atoms with E-state index in [1.165, 1.54) is 6.07 Å². The van der Waals surface area contributed by atoms with Crippen molar-refractivity contribution in [2.75, 3.05) is 30.4 Å². The van der Waals surface area contributed by atoms with E-state index in [1.807, 2.05) is 13.2 Å². The average Bonchev–Trinajstić information content (AvgIpc) is 2.43. The lowest BCUT2D eigenvalue weighted by Crippen LogP contribution is -2.25. The number of rotatable bonds is 8. The quantitative estimate of drug-likeness (QED) is 0.437. The van der Waals surface area contributed by atoms with Crippen LogP contribution in [-0.2, 0) is 0 Å². The first-order chi connectivity index (χ1) is 9.61. The Bertz CT molecular complexity index is 480. The zero-order chi connectivity index (χ0) is 15.0. The molecule has 0 saturated heterocycles. The Morgan fingerprint density at radius 2 is 2.20 bits per heavy atom. The highest BCUT2D eigenvalue weighted by Gasteiger charge is 2.23. The molecular weight excluding hydrogens is 278 g/mol. The molecule has 1 rings (SSSR count). The summed E-state index contributed by atoms with van der Waals surface area (Å²) in [4.78, 5) is 22.7. The van der Waals surface area contributed by atoms with E-state index in [4.69, 9.17) is 0 Å². The molecule has 0 aliphatic carbocycles.